The molecule has 0 saturated carbocycles. The van der Waals surface area contributed by atoms with Crippen molar-refractivity contribution in [2.75, 3.05) is 0 Å². The zero-order valence-corrected chi connectivity index (χ0v) is 9.89. The number of aromatic nitrogens is 1. The topological polar surface area (TPSA) is 45.9 Å². The Labute approximate surface area is 106 Å². The van der Waals surface area contributed by atoms with Crippen molar-refractivity contribution in [2.24, 2.45) is 0 Å². The van der Waals surface area contributed by atoms with Gasteiger partial charge in [0, 0.05) is 6.07 Å². The summed E-state index contributed by atoms with van der Waals surface area (Å²) >= 11 is 0. The van der Waals surface area contributed by atoms with E-state index in [4.69, 9.17) is 10.00 Å². The number of benzene rings is 1. The predicted molar refractivity (Wildman–Crippen MR) is 67.5 cm³/mol. The van der Waals surface area contributed by atoms with E-state index in [0.29, 0.717) is 11.6 Å². The minimum Gasteiger partial charge on any atom is -0.439 e. The fourth-order valence-corrected chi connectivity index (χ4v) is 2.27. The number of aryl methyl sites for hydroxylation is 2. The molecule has 88 valence electrons. The summed E-state index contributed by atoms with van der Waals surface area (Å²) in [6, 6.07) is 13.3. The number of pyridine rings is 1. The average molecular weight is 236 g/mol. The number of nitriles is 1. The van der Waals surface area contributed by atoms with Crippen LogP contribution in [0.5, 0.6) is 11.6 Å². The number of ether oxygens (including phenoxy) is 1. The summed E-state index contributed by atoms with van der Waals surface area (Å²) in [6.45, 7) is 0. The van der Waals surface area contributed by atoms with Crippen molar-refractivity contribution in [1.29, 1.82) is 5.26 Å². The second kappa shape index (κ2) is 4.50. The Morgan fingerprint density at radius 2 is 2.00 bits per heavy atom. The molecule has 0 spiro atoms. The van der Waals surface area contributed by atoms with Gasteiger partial charge in [-0.3, -0.25) is 0 Å². The molecule has 0 N–H and O–H groups in total. The SMILES string of the molecule is N#Cc1cccc(Oc2ccc3c(c2)CCC3)n1. The fraction of sp³-hybridized carbons (Fsp3) is 0.200. The van der Waals surface area contributed by atoms with Crippen LogP contribution in [0.25, 0.3) is 0 Å². The molecule has 0 bridgehead atoms. The lowest BCUT2D eigenvalue weighted by Gasteiger charge is -2.06. The van der Waals surface area contributed by atoms with Gasteiger partial charge in [-0.1, -0.05) is 12.1 Å². The first kappa shape index (κ1) is 10.8. The minimum atomic E-state index is 0.369. The predicted octanol–water partition coefficient (Wildman–Crippen LogP) is 3.23. The summed E-state index contributed by atoms with van der Waals surface area (Å²) < 4.78 is 5.68. The number of nitrogens with zero attached hydrogens (tertiary/aromatic N) is 2. The monoisotopic (exact) mass is 236 g/mol. The number of rotatable bonds is 2. The molecule has 0 amide bonds. The molecule has 1 heterocycles. The van der Waals surface area contributed by atoms with Crippen molar-refractivity contribution in [3.8, 4) is 17.7 Å². The van der Waals surface area contributed by atoms with E-state index in [2.05, 4.69) is 17.1 Å². The van der Waals surface area contributed by atoms with Gasteiger partial charge in [0.15, 0.2) is 0 Å². The Kier molecular flexibility index (Phi) is 2.70. The van der Waals surface area contributed by atoms with Gasteiger partial charge in [-0.25, -0.2) is 4.98 Å². The van der Waals surface area contributed by atoms with Crippen molar-refractivity contribution < 1.29 is 4.74 Å². The van der Waals surface area contributed by atoms with E-state index in [1.165, 1.54) is 17.5 Å². The van der Waals surface area contributed by atoms with Gasteiger partial charge >= 0.3 is 0 Å². The lowest BCUT2D eigenvalue weighted by molar-refractivity contribution is 0.462. The van der Waals surface area contributed by atoms with Crippen molar-refractivity contribution in [1.82, 2.24) is 4.98 Å². The quantitative estimate of drug-likeness (QED) is 0.804. The molecule has 3 rings (SSSR count). The first-order valence-corrected chi connectivity index (χ1v) is 6.02. The minimum absolute atomic E-state index is 0.369. The third kappa shape index (κ3) is 2.05. The third-order valence-corrected chi connectivity index (χ3v) is 3.13. The molecule has 0 fully saturated rings. The number of hydrogen-bond donors (Lipinski definition) is 0. The fourth-order valence-electron chi connectivity index (χ4n) is 2.27. The van der Waals surface area contributed by atoms with Crippen LogP contribution in [0.2, 0.25) is 0 Å². The highest BCUT2D eigenvalue weighted by Gasteiger charge is 2.11. The first-order chi connectivity index (χ1) is 8.85. The largest absolute Gasteiger partial charge is 0.439 e. The summed E-state index contributed by atoms with van der Waals surface area (Å²) in [5.41, 5.74) is 3.15. The Morgan fingerprint density at radius 1 is 1.11 bits per heavy atom. The zero-order chi connectivity index (χ0) is 12.4. The van der Waals surface area contributed by atoms with Gasteiger partial charge in [0.25, 0.3) is 0 Å². The van der Waals surface area contributed by atoms with Crippen LogP contribution < -0.4 is 4.74 Å². The summed E-state index contributed by atoms with van der Waals surface area (Å²) in [7, 11) is 0. The molecule has 1 aliphatic rings. The van der Waals surface area contributed by atoms with Crippen molar-refractivity contribution in [3.63, 3.8) is 0 Å². The molecule has 2 aromatic rings. The van der Waals surface area contributed by atoms with Gasteiger partial charge in [-0.15, -0.1) is 0 Å². The van der Waals surface area contributed by atoms with E-state index in [0.717, 1.165) is 18.6 Å². The van der Waals surface area contributed by atoms with E-state index in [1.807, 2.05) is 12.1 Å². The van der Waals surface area contributed by atoms with Gasteiger partial charge in [-0.05, 0) is 48.6 Å². The molecule has 1 aromatic heterocycles. The third-order valence-electron chi connectivity index (χ3n) is 3.13. The standard InChI is InChI=1S/C15H12N2O/c16-10-13-5-2-6-15(17-13)18-14-8-7-11-3-1-4-12(11)9-14/h2,5-9H,1,3-4H2. The van der Waals surface area contributed by atoms with Gasteiger partial charge in [-0.2, -0.15) is 5.26 Å². The smallest absolute Gasteiger partial charge is 0.220 e. The van der Waals surface area contributed by atoms with Crippen LogP contribution in [-0.2, 0) is 12.8 Å². The Bertz CT molecular complexity index is 629. The zero-order valence-electron chi connectivity index (χ0n) is 9.89. The molecular weight excluding hydrogens is 224 g/mol. The van der Waals surface area contributed by atoms with Gasteiger partial charge < -0.3 is 4.74 Å². The van der Waals surface area contributed by atoms with E-state index in [9.17, 15) is 0 Å². The summed E-state index contributed by atoms with van der Waals surface area (Å²) in [4.78, 5) is 4.10. The molecule has 3 nitrogen and oxygen atoms in total. The summed E-state index contributed by atoms with van der Waals surface area (Å²) in [5, 5.41) is 8.79. The molecule has 0 atom stereocenters. The summed E-state index contributed by atoms with van der Waals surface area (Å²) in [6.07, 6.45) is 3.51. The van der Waals surface area contributed by atoms with E-state index >= 15 is 0 Å². The molecule has 0 unspecified atom stereocenters. The molecule has 0 aliphatic heterocycles. The normalized spacial score (nSPS) is 12.8. The highest BCUT2D eigenvalue weighted by molar-refractivity contribution is 5.40. The average Bonchev–Trinajstić information content (AvgIpc) is 2.86. The maximum Gasteiger partial charge on any atom is 0.220 e. The van der Waals surface area contributed by atoms with E-state index in [1.54, 1.807) is 18.2 Å². The van der Waals surface area contributed by atoms with Crippen LogP contribution in [0.1, 0.15) is 23.2 Å². The lowest BCUT2D eigenvalue weighted by atomic mass is 10.1. The molecular formula is C15H12N2O. The summed E-state index contributed by atoms with van der Waals surface area (Å²) in [5.74, 6) is 1.25. The highest BCUT2D eigenvalue weighted by atomic mass is 16.5. The second-order valence-corrected chi connectivity index (χ2v) is 4.36. The van der Waals surface area contributed by atoms with Gasteiger partial charge in [0.2, 0.25) is 5.88 Å². The Balaban J connectivity index is 1.86. The van der Waals surface area contributed by atoms with E-state index < -0.39 is 0 Å². The van der Waals surface area contributed by atoms with Crippen LogP contribution in [0.15, 0.2) is 36.4 Å². The van der Waals surface area contributed by atoms with Crippen LogP contribution in [-0.4, -0.2) is 4.98 Å². The molecule has 1 aromatic carbocycles. The van der Waals surface area contributed by atoms with Crippen LogP contribution >= 0.6 is 0 Å². The molecule has 18 heavy (non-hydrogen) atoms. The molecule has 1 aliphatic carbocycles. The molecule has 0 radical (unpaired) electrons. The van der Waals surface area contributed by atoms with Gasteiger partial charge in [0.1, 0.15) is 17.5 Å². The van der Waals surface area contributed by atoms with E-state index in [-0.39, 0.29) is 0 Å². The maximum atomic E-state index is 8.79. The molecule has 3 heteroatoms. The highest BCUT2D eigenvalue weighted by Crippen LogP contribution is 2.28. The van der Waals surface area contributed by atoms with Crippen LogP contribution in [0.3, 0.4) is 0 Å². The van der Waals surface area contributed by atoms with Crippen molar-refractivity contribution >= 4 is 0 Å². The van der Waals surface area contributed by atoms with Crippen molar-refractivity contribution in [3.05, 3.63) is 53.2 Å². The Morgan fingerprint density at radius 3 is 2.89 bits per heavy atom. The lowest BCUT2D eigenvalue weighted by Crippen LogP contribution is -1.91. The molecule has 0 saturated heterocycles. The van der Waals surface area contributed by atoms with Gasteiger partial charge in [0.05, 0.1) is 0 Å². The van der Waals surface area contributed by atoms with Crippen LogP contribution in [0.4, 0.5) is 0 Å². The number of fused-ring (bicyclic) bond motifs is 1. The van der Waals surface area contributed by atoms with Crippen molar-refractivity contribution in [2.45, 2.75) is 19.3 Å². The second-order valence-electron chi connectivity index (χ2n) is 4.36. The maximum absolute atomic E-state index is 8.79. The number of hydrogen-bond acceptors (Lipinski definition) is 3. The van der Waals surface area contributed by atoms with Crippen LogP contribution in [0, 0.1) is 11.3 Å². The Hall–Kier alpha value is -2.34. The first-order valence-electron chi connectivity index (χ1n) is 6.02.